The number of para-hydroxylation sites is 1. The fraction of sp³-hybridized carbons (Fsp3) is 0. The third kappa shape index (κ3) is 4.82. The minimum absolute atomic E-state index is 0.0507. The summed E-state index contributed by atoms with van der Waals surface area (Å²) < 4.78 is 23.6. The van der Waals surface area contributed by atoms with Gasteiger partial charge in [0.2, 0.25) is 0 Å². The highest BCUT2D eigenvalue weighted by Crippen LogP contribution is 2.17. The molecule has 0 fully saturated rings. The summed E-state index contributed by atoms with van der Waals surface area (Å²) in [4.78, 5) is 13.7. The van der Waals surface area contributed by atoms with Crippen LogP contribution in [-0.2, 0) is 10.0 Å². The highest BCUT2D eigenvalue weighted by molar-refractivity contribution is 7.92. The van der Waals surface area contributed by atoms with Crippen LogP contribution in [0, 0.1) is 0 Å². The van der Waals surface area contributed by atoms with Crippen molar-refractivity contribution in [2.45, 2.75) is 0 Å². The second-order valence-electron chi connectivity index (χ2n) is 4.44. The van der Waals surface area contributed by atoms with Crippen molar-refractivity contribution in [1.82, 2.24) is 10.3 Å². The normalized spacial score (nSPS) is 11.5. The summed E-state index contributed by atoms with van der Waals surface area (Å²) in [5.41, 5.74) is 2.48. The summed E-state index contributed by atoms with van der Waals surface area (Å²) in [6.45, 7) is 0. The van der Waals surface area contributed by atoms with Crippen LogP contribution in [0.15, 0.2) is 53.9 Å². The molecular weight excluding hydrogens is 340 g/mol. The predicted molar refractivity (Wildman–Crippen MR) is 88.1 cm³/mol. The van der Waals surface area contributed by atoms with Crippen molar-refractivity contribution in [3.05, 3.63) is 70.1 Å². The summed E-state index contributed by atoms with van der Waals surface area (Å²) in [6.07, 6.45) is 1.30. The average molecular weight is 353 g/mol. The first-order valence-corrected chi connectivity index (χ1v) is 8.34. The highest BCUT2D eigenvalue weighted by Gasteiger charge is 2.12. The van der Waals surface area contributed by atoms with E-state index in [4.69, 9.17) is 11.6 Å². The van der Waals surface area contributed by atoms with E-state index in [2.05, 4.69) is 0 Å². The van der Waals surface area contributed by atoms with Crippen LogP contribution in [0.25, 0.3) is 6.08 Å². The summed E-state index contributed by atoms with van der Waals surface area (Å²) in [7, 11) is -3.92. The van der Waals surface area contributed by atoms with Gasteiger partial charge >= 0.3 is 0 Å². The summed E-state index contributed by atoms with van der Waals surface area (Å²) in [5, 5.41) is 10.8. The van der Waals surface area contributed by atoms with Gasteiger partial charge in [-0.15, -0.1) is 4.83 Å². The van der Waals surface area contributed by atoms with Crippen molar-refractivity contribution in [2.24, 2.45) is 0 Å². The number of rotatable bonds is 5. The number of carbonyl (C=O) groups is 1. The number of nitrogens with one attached hydrogen (secondary N) is 2. The van der Waals surface area contributed by atoms with Gasteiger partial charge in [-0.2, -0.15) is 0 Å². The number of aromatic hydroxyl groups is 1. The zero-order valence-corrected chi connectivity index (χ0v) is 13.3. The quantitative estimate of drug-likeness (QED) is 0.719. The van der Waals surface area contributed by atoms with E-state index in [0.29, 0.717) is 10.6 Å². The maximum absolute atomic E-state index is 11.8. The number of hydrazine groups is 1. The number of hydrogen-bond acceptors (Lipinski definition) is 4. The SMILES string of the molecule is O=C(NNS(=O)(=O)/C=C/c1ccccc1Cl)c1ccccc1O. The second kappa shape index (κ2) is 7.28. The van der Waals surface area contributed by atoms with E-state index in [1.54, 1.807) is 36.4 Å². The average Bonchev–Trinajstić information content (AvgIpc) is 2.52. The van der Waals surface area contributed by atoms with Crippen LogP contribution in [0.5, 0.6) is 5.75 Å². The molecule has 1 amide bonds. The number of carbonyl (C=O) groups excluding carboxylic acids is 1. The number of phenols is 1. The molecule has 0 spiro atoms. The predicted octanol–water partition coefficient (Wildman–Crippen LogP) is 2.28. The van der Waals surface area contributed by atoms with Crippen LogP contribution in [0.2, 0.25) is 5.02 Å². The van der Waals surface area contributed by atoms with Gasteiger partial charge in [0.15, 0.2) is 0 Å². The third-order valence-electron chi connectivity index (χ3n) is 2.79. The minimum Gasteiger partial charge on any atom is -0.507 e. The molecule has 0 aromatic heterocycles. The van der Waals surface area contributed by atoms with Gasteiger partial charge in [0.25, 0.3) is 15.9 Å². The van der Waals surface area contributed by atoms with Gasteiger partial charge in [-0.25, -0.2) is 8.42 Å². The van der Waals surface area contributed by atoms with Crippen molar-refractivity contribution >= 4 is 33.6 Å². The number of phenolic OH excluding ortho intramolecular Hbond substituents is 1. The molecule has 0 aliphatic heterocycles. The van der Waals surface area contributed by atoms with Crippen molar-refractivity contribution < 1.29 is 18.3 Å². The molecule has 8 heteroatoms. The number of hydrogen-bond donors (Lipinski definition) is 3. The van der Waals surface area contributed by atoms with Gasteiger partial charge in [0.05, 0.1) is 5.56 Å². The number of halogens is 1. The summed E-state index contributed by atoms with van der Waals surface area (Å²) in [6, 6.07) is 12.5. The van der Waals surface area contributed by atoms with Crippen LogP contribution in [0.1, 0.15) is 15.9 Å². The Labute approximate surface area is 138 Å². The molecular formula is C15H13ClN2O4S. The molecule has 0 aliphatic carbocycles. The van der Waals surface area contributed by atoms with Crippen LogP contribution in [0.4, 0.5) is 0 Å². The van der Waals surface area contributed by atoms with Gasteiger partial charge in [-0.3, -0.25) is 10.2 Å². The van der Waals surface area contributed by atoms with E-state index in [0.717, 1.165) is 5.41 Å². The van der Waals surface area contributed by atoms with E-state index in [-0.39, 0.29) is 11.3 Å². The fourth-order valence-corrected chi connectivity index (χ4v) is 2.49. The lowest BCUT2D eigenvalue weighted by Gasteiger charge is -2.07. The Morgan fingerprint density at radius 1 is 1.09 bits per heavy atom. The first kappa shape index (κ1) is 17.0. The Balaban J connectivity index is 2.03. The zero-order chi connectivity index (χ0) is 16.9. The maximum atomic E-state index is 11.8. The van der Waals surface area contributed by atoms with Crippen molar-refractivity contribution in [3.63, 3.8) is 0 Å². The number of benzene rings is 2. The van der Waals surface area contributed by atoms with Crippen molar-refractivity contribution in [3.8, 4) is 5.75 Å². The van der Waals surface area contributed by atoms with Crippen LogP contribution in [0.3, 0.4) is 0 Å². The summed E-state index contributed by atoms with van der Waals surface area (Å²) >= 11 is 5.91. The molecule has 23 heavy (non-hydrogen) atoms. The van der Waals surface area contributed by atoms with Crippen molar-refractivity contribution in [1.29, 1.82) is 0 Å². The van der Waals surface area contributed by atoms with Gasteiger partial charge in [0, 0.05) is 10.4 Å². The molecule has 0 unspecified atom stereocenters. The molecule has 0 radical (unpaired) electrons. The standard InChI is InChI=1S/C15H13ClN2O4S/c16-13-7-3-1-5-11(13)9-10-23(21,22)18-17-15(20)12-6-2-4-8-14(12)19/h1-10,18-19H,(H,17,20)/b10-9+. The lowest BCUT2D eigenvalue weighted by Crippen LogP contribution is -2.40. The minimum atomic E-state index is -3.92. The Bertz CT molecular complexity index is 850. The van der Waals surface area contributed by atoms with E-state index in [1.807, 2.05) is 10.3 Å². The third-order valence-corrected chi connectivity index (χ3v) is 4.01. The second-order valence-corrected chi connectivity index (χ2v) is 6.42. The van der Waals surface area contributed by atoms with E-state index >= 15 is 0 Å². The fourth-order valence-electron chi connectivity index (χ4n) is 1.66. The topological polar surface area (TPSA) is 95.5 Å². The molecule has 2 aromatic rings. The number of sulfonamides is 1. The first-order chi connectivity index (χ1) is 10.9. The first-order valence-electron chi connectivity index (χ1n) is 6.42. The maximum Gasteiger partial charge on any atom is 0.269 e. The Morgan fingerprint density at radius 3 is 2.43 bits per heavy atom. The van der Waals surface area contributed by atoms with Gasteiger partial charge < -0.3 is 5.11 Å². The van der Waals surface area contributed by atoms with Gasteiger partial charge in [-0.1, -0.05) is 41.9 Å². The molecule has 0 heterocycles. The van der Waals surface area contributed by atoms with Crippen LogP contribution >= 0.6 is 11.6 Å². The molecule has 3 N–H and O–H groups in total. The largest absolute Gasteiger partial charge is 0.507 e. The highest BCUT2D eigenvalue weighted by atomic mass is 35.5. The molecule has 0 saturated heterocycles. The van der Waals surface area contributed by atoms with E-state index < -0.39 is 15.9 Å². The lowest BCUT2D eigenvalue weighted by molar-refractivity contribution is 0.0942. The number of amides is 1. The smallest absolute Gasteiger partial charge is 0.269 e. The lowest BCUT2D eigenvalue weighted by atomic mass is 10.2. The van der Waals surface area contributed by atoms with Crippen LogP contribution < -0.4 is 10.3 Å². The van der Waals surface area contributed by atoms with E-state index in [9.17, 15) is 18.3 Å². The molecule has 0 atom stereocenters. The molecule has 2 aromatic carbocycles. The Kier molecular flexibility index (Phi) is 5.38. The summed E-state index contributed by atoms with van der Waals surface area (Å²) in [5.74, 6) is -1.03. The monoisotopic (exact) mass is 352 g/mol. The molecule has 0 saturated carbocycles. The van der Waals surface area contributed by atoms with Crippen molar-refractivity contribution in [2.75, 3.05) is 0 Å². The molecule has 2 rings (SSSR count). The van der Waals surface area contributed by atoms with Gasteiger partial charge in [-0.05, 0) is 29.8 Å². The zero-order valence-electron chi connectivity index (χ0n) is 11.7. The molecule has 6 nitrogen and oxygen atoms in total. The van der Waals surface area contributed by atoms with Crippen LogP contribution in [-0.4, -0.2) is 19.4 Å². The molecule has 120 valence electrons. The Morgan fingerprint density at radius 2 is 1.74 bits per heavy atom. The molecule has 0 bridgehead atoms. The van der Waals surface area contributed by atoms with E-state index in [1.165, 1.54) is 18.2 Å². The molecule has 0 aliphatic rings. The van der Waals surface area contributed by atoms with Gasteiger partial charge in [0.1, 0.15) is 5.75 Å². The Hall–Kier alpha value is -2.35.